The molecule has 0 spiro atoms. The van der Waals surface area contributed by atoms with Gasteiger partial charge in [-0.05, 0) is 31.9 Å². The van der Waals surface area contributed by atoms with Crippen LogP contribution in [0.5, 0.6) is 5.75 Å². The van der Waals surface area contributed by atoms with E-state index in [2.05, 4.69) is 5.32 Å². The highest BCUT2D eigenvalue weighted by atomic mass is 16.6. The van der Waals surface area contributed by atoms with Gasteiger partial charge in [0, 0.05) is 13.2 Å². The van der Waals surface area contributed by atoms with Gasteiger partial charge in [0.1, 0.15) is 5.69 Å². The average molecular weight is 282 g/mol. The summed E-state index contributed by atoms with van der Waals surface area (Å²) >= 11 is 0. The van der Waals surface area contributed by atoms with Crippen molar-refractivity contribution in [2.75, 3.05) is 25.1 Å². The Morgan fingerprint density at radius 3 is 2.70 bits per heavy atom. The molecule has 1 aromatic carbocycles. The second-order valence-electron chi connectivity index (χ2n) is 4.41. The summed E-state index contributed by atoms with van der Waals surface area (Å²) in [6.45, 7) is 3.08. The van der Waals surface area contributed by atoms with Crippen LogP contribution >= 0.6 is 0 Å². The normalized spacial score (nSPS) is 10.3. The van der Waals surface area contributed by atoms with E-state index in [1.54, 1.807) is 25.1 Å². The van der Waals surface area contributed by atoms with Crippen LogP contribution in [0.15, 0.2) is 18.2 Å². The summed E-state index contributed by atoms with van der Waals surface area (Å²) in [5.74, 6) is 0.294. The second kappa shape index (κ2) is 9.14. The molecule has 0 saturated carbocycles. The summed E-state index contributed by atoms with van der Waals surface area (Å²) in [6, 6.07) is 5.04. The fraction of sp³-hybridized carbons (Fsp3) is 0.571. The largest absolute Gasteiger partial charge is 0.487 e. The summed E-state index contributed by atoms with van der Waals surface area (Å²) in [5, 5.41) is 22.9. The van der Waals surface area contributed by atoms with Crippen molar-refractivity contribution < 1.29 is 14.8 Å². The van der Waals surface area contributed by atoms with E-state index in [-0.39, 0.29) is 12.3 Å². The maximum atomic E-state index is 11.1. The van der Waals surface area contributed by atoms with Gasteiger partial charge in [0.25, 0.3) is 0 Å². The number of nitrogens with one attached hydrogen (secondary N) is 1. The number of para-hydroxylation sites is 1. The number of nitrogens with zero attached hydrogens (tertiary/aromatic N) is 1. The molecule has 0 fully saturated rings. The molecule has 1 rings (SSSR count). The number of nitro groups is 1. The maximum Gasteiger partial charge on any atom is 0.333 e. The highest BCUT2D eigenvalue weighted by molar-refractivity contribution is 5.68. The molecular formula is C14H22N2O4. The minimum absolute atomic E-state index is 0.00953. The predicted octanol–water partition coefficient (Wildman–Crippen LogP) is 2.96. The van der Waals surface area contributed by atoms with Crippen LogP contribution in [0.3, 0.4) is 0 Å². The van der Waals surface area contributed by atoms with E-state index in [0.29, 0.717) is 24.6 Å². The molecule has 0 heterocycles. The molecule has 0 saturated heterocycles. The lowest BCUT2D eigenvalue weighted by molar-refractivity contribution is -0.384. The number of nitro benzene ring substituents is 1. The summed E-state index contributed by atoms with van der Waals surface area (Å²) < 4.78 is 5.29. The second-order valence-corrected chi connectivity index (χ2v) is 4.41. The minimum atomic E-state index is -0.418. The van der Waals surface area contributed by atoms with Crippen molar-refractivity contribution in [2.24, 2.45) is 0 Å². The van der Waals surface area contributed by atoms with Crippen molar-refractivity contribution >= 4 is 11.4 Å². The van der Waals surface area contributed by atoms with Crippen molar-refractivity contribution in [1.29, 1.82) is 0 Å². The Morgan fingerprint density at radius 2 is 2.05 bits per heavy atom. The lowest BCUT2D eigenvalue weighted by atomic mass is 10.2. The Morgan fingerprint density at radius 1 is 1.30 bits per heavy atom. The molecule has 6 heteroatoms. The summed E-state index contributed by atoms with van der Waals surface area (Å²) in [5.41, 5.74) is 0.479. The Balaban J connectivity index is 2.60. The van der Waals surface area contributed by atoms with Crippen molar-refractivity contribution in [3.8, 4) is 5.75 Å². The molecule has 0 aliphatic heterocycles. The standard InChI is InChI=1S/C14H22N2O4/c1-2-20-13-9-7-8-12(14(13)16(18)19)15-10-5-3-4-6-11-17/h7-9,15,17H,2-6,10-11H2,1H3. The van der Waals surface area contributed by atoms with Gasteiger partial charge in [0.15, 0.2) is 5.75 Å². The number of benzene rings is 1. The van der Waals surface area contributed by atoms with E-state index < -0.39 is 4.92 Å². The zero-order valence-electron chi connectivity index (χ0n) is 11.8. The first-order valence-electron chi connectivity index (χ1n) is 6.95. The van der Waals surface area contributed by atoms with E-state index in [9.17, 15) is 10.1 Å². The van der Waals surface area contributed by atoms with Crippen molar-refractivity contribution in [3.63, 3.8) is 0 Å². The van der Waals surface area contributed by atoms with Crippen molar-refractivity contribution in [2.45, 2.75) is 32.6 Å². The van der Waals surface area contributed by atoms with E-state index in [1.807, 2.05) is 0 Å². The highest BCUT2D eigenvalue weighted by Crippen LogP contribution is 2.34. The van der Waals surface area contributed by atoms with E-state index in [4.69, 9.17) is 9.84 Å². The molecule has 6 nitrogen and oxygen atoms in total. The molecule has 0 aromatic heterocycles. The van der Waals surface area contributed by atoms with Gasteiger partial charge in [0.05, 0.1) is 11.5 Å². The lowest BCUT2D eigenvalue weighted by Gasteiger charge is -2.10. The molecule has 0 bridgehead atoms. The molecule has 112 valence electrons. The van der Waals surface area contributed by atoms with Crippen LogP contribution in [0.1, 0.15) is 32.6 Å². The minimum Gasteiger partial charge on any atom is -0.487 e. The number of aliphatic hydroxyl groups excluding tert-OH is 1. The first-order valence-corrected chi connectivity index (χ1v) is 6.95. The number of hydrogen-bond acceptors (Lipinski definition) is 5. The third kappa shape index (κ3) is 5.05. The Hall–Kier alpha value is -1.82. The summed E-state index contributed by atoms with van der Waals surface area (Å²) in [4.78, 5) is 10.7. The maximum absolute atomic E-state index is 11.1. The Bertz CT molecular complexity index is 424. The molecule has 0 atom stereocenters. The SMILES string of the molecule is CCOc1cccc(NCCCCCCO)c1[N+](=O)[O-]. The number of unbranched alkanes of at least 4 members (excludes halogenated alkanes) is 3. The number of ether oxygens (including phenoxy) is 1. The average Bonchev–Trinajstić information content (AvgIpc) is 2.43. The topological polar surface area (TPSA) is 84.6 Å². The molecular weight excluding hydrogens is 260 g/mol. The first-order chi connectivity index (χ1) is 9.70. The molecule has 0 radical (unpaired) electrons. The zero-order chi connectivity index (χ0) is 14.8. The predicted molar refractivity (Wildman–Crippen MR) is 78.3 cm³/mol. The summed E-state index contributed by atoms with van der Waals surface area (Å²) in [6.07, 6.45) is 3.68. The van der Waals surface area contributed by atoms with Crippen molar-refractivity contribution in [3.05, 3.63) is 28.3 Å². The Kier molecular flexibility index (Phi) is 7.42. The van der Waals surface area contributed by atoms with Gasteiger partial charge in [-0.3, -0.25) is 10.1 Å². The third-order valence-electron chi connectivity index (χ3n) is 2.88. The third-order valence-corrected chi connectivity index (χ3v) is 2.88. The number of rotatable bonds is 10. The van der Waals surface area contributed by atoms with Crippen LogP contribution in [0.2, 0.25) is 0 Å². The molecule has 1 aromatic rings. The van der Waals surface area contributed by atoms with Gasteiger partial charge >= 0.3 is 5.69 Å². The molecule has 0 aliphatic rings. The summed E-state index contributed by atoms with van der Waals surface area (Å²) in [7, 11) is 0. The van der Waals surface area contributed by atoms with Gasteiger partial charge in [-0.1, -0.05) is 18.9 Å². The van der Waals surface area contributed by atoms with Crippen LogP contribution in [0.25, 0.3) is 0 Å². The smallest absolute Gasteiger partial charge is 0.333 e. The van der Waals surface area contributed by atoms with Crippen LogP contribution in [0.4, 0.5) is 11.4 Å². The molecule has 0 unspecified atom stereocenters. The van der Waals surface area contributed by atoms with Gasteiger partial charge in [-0.15, -0.1) is 0 Å². The van der Waals surface area contributed by atoms with Gasteiger partial charge in [-0.2, -0.15) is 0 Å². The van der Waals surface area contributed by atoms with Crippen LogP contribution in [-0.2, 0) is 0 Å². The van der Waals surface area contributed by atoms with E-state index in [0.717, 1.165) is 25.7 Å². The molecule has 20 heavy (non-hydrogen) atoms. The van der Waals surface area contributed by atoms with Crippen LogP contribution < -0.4 is 10.1 Å². The van der Waals surface area contributed by atoms with E-state index in [1.165, 1.54) is 0 Å². The molecule has 0 amide bonds. The van der Waals surface area contributed by atoms with Crippen molar-refractivity contribution in [1.82, 2.24) is 0 Å². The molecule has 2 N–H and O–H groups in total. The number of hydrogen-bond donors (Lipinski definition) is 2. The lowest BCUT2D eigenvalue weighted by Crippen LogP contribution is -2.06. The number of anilines is 1. The fourth-order valence-electron chi connectivity index (χ4n) is 1.94. The first kappa shape index (κ1) is 16.2. The fourth-order valence-corrected chi connectivity index (χ4v) is 1.94. The zero-order valence-corrected chi connectivity index (χ0v) is 11.8. The highest BCUT2D eigenvalue weighted by Gasteiger charge is 2.20. The quantitative estimate of drug-likeness (QED) is 0.391. The van der Waals surface area contributed by atoms with Gasteiger partial charge in [0.2, 0.25) is 0 Å². The number of aliphatic hydroxyl groups is 1. The van der Waals surface area contributed by atoms with Gasteiger partial charge < -0.3 is 15.2 Å². The Labute approximate surface area is 118 Å². The van der Waals surface area contributed by atoms with E-state index >= 15 is 0 Å². The molecule has 0 aliphatic carbocycles. The van der Waals surface area contributed by atoms with Crippen LogP contribution in [-0.4, -0.2) is 29.8 Å². The monoisotopic (exact) mass is 282 g/mol. The van der Waals surface area contributed by atoms with Crippen LogP contribution in [0, 0.1) is 10.1 Å². The van der Waals surface area contributed by atoms with Gasteiger partial charge in [-0.25, -0.2) is 0 Å².